The molecule has 178 valence electrons. The molecule has 0 radical (unpaired) electrons. The molecule has 1 N–H and O–H groups in total. The quantitative estimate of drug-likeness (QED) is 0.666. The normalized spacial score (nSPS) is 19.9. The van der Waals surface area contributed by atoms with Crippen molar-refractivity contribution >= 4 is 11.8 Å². The van der Waals surface area contributed by atoms with Gasteiger partial charge in [0, 0.05) is 44.3 Å². The maximum atomic E-state index is 12.8. The Hall–Kier alpha value is -2.12. The van der Waals surface area contributed by atoms with E-state index >= 15 is 0 Å². The summed E-state index contributed by atoms with van der Waals surface area (Å²) in [5, 5.41) is 3.01. The highest BCUT2D eigenvalue weighted by atomic mass is 16.5. The van der Waals surface area contributed by atoms with Crippen molar-refractivity contribution in [3.8, 4) is 5.75 Å². The standard InChI is InChI=1S/C25H39N3O4/c1-25(2,3)24(30)28-12-6-9-22(28)23(29)26-18-19-7-5-8-21(17-19)32-16-13-27(4)20-10-14-31-15-11-20/h5,7-8,17,20,22H,6,9-16,18H2,1-4H3,(H,26,29). The maximum Gasteiger partial charge on any atom is 0.243 e. The third-order valence-electron chi connectivity index (χ3n) is 6.35. The number of ether oxygens (including phenoxy) is 2. The largest absolute Gasteiger partial charge is 0.492 e. The molecule has 2 aliphatic heterocycles. The van der Waals surface area contributed by atoms with Crippen LogP contribution >= 0.6 is 0 Å². The molecule has 2 amide bonds. The van der Waals surface area contributed by atoms with E-state index in [1.165, 1.54) is 0 Å². The van der Waals surface area contributed by atoms with Gasteiger partial charge in [-0.05, 0) is 50.4 Å². The molecule has 0 spiro atoms. The van der Waals surface area contributed by atoms with Gasteiger partial charge in [0.15, 0.2) is 0 Å². The number of amides is 2. The van der Waals surface area contributed by atoms with Crippen molar-refractivity contribution in [1.29, 1.82) is 0 Å². The number of nitrogens with one attached hydrogen (secondary N) is 1. The highest BCUT2D eigenvalue weighted by molar-refractivity contribution is 5.90. The van der Waals surface area contributed by atoms with Crippen LogP contribution < -0.4 is 10.1 Å². The van der Waals surface area contributed by atoms with E-state index in [2.05, 4.69) is 17.3 Å². The van der Waals surface area contributed by atoms with Crippen LogP contribution in [0.15, 0.2) is 24.3 Å². The Morgan fingerprint density at radius 1 is 1.22 bits per heavy atom. The second-order valence-corrected chi connectivity index (χ2v) is 9.94. The molecule has 3 rings (SSSR count). The molecule has 0 aliphatic carbocycles. The molecule has 0 saturated carbocycles. The lowest BCUT2D eigenvalue weighted by atomic mass is 9.94. The SMILES string of the molecule is CN(CCOc1cccc(CNC(=O)C2CCCN2C(=O)C(C)(C)C)c1)C1CCOCC1. The second kappa shape index (κ2) is 11.1. The summed E-state index contributed by atoms with van der Waals surface area (Å²) in [5.74, 6) is 0.767. The summed E-state index contributed by atoms with van der Waals surface area (Å²) in [4.78, 5) is 29.5. The summed E-state index contributed by atoms with van der Waals surface area (Å²) in [5.41, 5.74) is 0.508. The lowest BCUT2D eigenvalue weighted by Crippen LogP contribution is -2.49. The number of hydrogen-bond donors (Lipinski definition) is 1. The van der Waals surface area contributed by atoms with Gasteiger partial charge in [0.2, 0.25) is 11.8 Å². The number of likely N-dealkylation sites (N-methyl/N-ethyl adjacent to an activating group) is 1. The average molecular weight is 446 g/mol. The van der Waals surface area contributed by atoms with E-state index in [0.717, 1.165) is 56.8 Å². The fourth-order valence-corrected chi connectivity index (χ4v) is 4.38. The Morgan fingerprint density at radius 2 is 1.97 bits per heavy atom. The predicted octanol–water partition coefficient (Wildman–Crippen LogP) is 2.83. The van der Waals surface area contributed by atoms with Crippen LogP contribution in [0, 0.1) is 5.41 Å². The summed E-state index contributed by atoms with van der Waals surface area (Å²) in [6.07, 6.45) is 3.74. The first-order valence-electron chi connectivity index (χ1n) is 11.8. The monoisotopic (exact) mass is 445 g/mol. The molecular formula is C25H39N3O4. The average Bonchev–Trinajstić information content (AvgIpc) is 3.27. The lowest BCUT2D eigenvalue weighted by molar-refractivity contribution is -0.144. The van der Waals surface area contributed by atoms with Gasteiger partial charge in [-0.15, -0.1) is 0 Å². The Labute approximate surface area is 192 Å². The number of benzene rings is 1. The van der Waals surface area contributed by atoms with Crippen LogP contribution in [0.3, 0.4) is 0 Å². The van der Waals surface area contributed by atoms with Crippen LogP contribution in [0.2, 0.25) is 0 Å². The smallest absolute Gasteiger partial charge is 0.243 e. The Balaban J connectivity index is 1.46. The van der Waals surface area contributed by atoms with Gasteiger partial charge in [-0.25, -0.2) is 0 Å². The highest BCUT2D eigenvalue weighted by Gasteiger charge is 2.38. The molecule has 0 aromatic heterocycles. The van der Waals surface area contributed by atoms with Crippen molar-refractivity contribution in [2.75, 3.05) is 40.0 Å². The fourth-order valence-electron chi connectivity index (χ4n) is 4.38. The molecule has 2 fully saturated rings. The minimum absolute atomic E-state index is 0.0382. The first kappa shape index (κ1) is 24.5. The minimum Gasteiger partial charge on any atom is -0.492 e. The van der Waals surface area contributed by atoms with Gasteiger partial charge in [-0.3, -0.25) is 14.5 Å². The molecule has 1 unspecified atom stereocenters. The summed E-state index contributed by atoms with van der Waals surface area (Å²) >= 11 is 0. The van der Waals surface area contributed by atoms with E-state index < -0.39 is 5.41 Å². The molecule has 1 aromatic carbocycles. The summed E-state index contributed by atoms with van der Waals surface area (Å²) in [6, 6.07) is 8.04. The molecule has 0 bridgehead atoms. The van der Waals surface area contributed by atoms with E-state index in [1.54, 1.807) is 4.90 Å². The lowest BCUT2D eigenvalue weighted by Gasteiger charge is -2.31. The molecule has 7 nitrogen and oxygen atoms in total. The molecule has 7 heteroatoms. The molecule has 1 aromatic rings. The van der Waals surface area contributed by atoms with Gasteiger partial charge >= 0.3 is 0 Å². The Kier molecular flexibility index (Phi) is 8.54. The van der Waals surface area contributed by atoms with E-state index in [-0.39, 0.29) is 17.9 Å². The van der Waals surface area contributed by atoms with E-state index in [1.807, 2.05) is 45.0 Å². The van der Waals surface area contributed by atoms with E-state index in [4.69, 9.17) is 9.47 Å². The first-order chi connectivity index (χ1) is 15.3. The van der Waals surface area contributed by atoms with Crippen LogP contribution in [-0.2, 0) is 20.9 Å². The molecule has 2 aliphatic rings. The summed E-state index contributed by atoms with van der Waals surface area (Å²) in [7, 11) is 2.14. The van der Waals surface area contributed by atoms with Gasteiger partial charge in [0.1, 0.15) is 18.4 Å². The zero-order chi connectivity index (χ0) is 23.1. The van der Waals surface area contributed by atoms with Crippen molar-refractivity contribution in [2.45, 2.75) is 65.1 Å². The predicted molar refractivity (Wildman–Crippen MR) is 124 cm³/mol. The summed E-state index contributed by atoms with van der Waals surface area (Å²) < 4.78 is 11.4. The number of carbonyl (C=O) groups is 2. The van der Waals surface area contributed by atoms with Crippen molar-refractivity contribution in [3.05, 3.63) is 29.8 Å². The Morgan fingerprint density at radius 3 is 2.69 bits per heavy atom. The van der Waals surface area contributed by atoms with Crippen molar-refractivity contribution in [1.82, 2.24) is 15.1 Å². The number of hydrogen-bond acceptors (Lipinski definition) is 5. The number of nitrogens with zero attached hydrogens (tertiary/aromatic N) is 2. The maximum absolute atomic E-state index is 12.8. The van der Waals surface area contributed by atoms with E-state index in [0.29, 0.717) is 25.7 Å². The van der Waals surface area contributed by atoms with Gasteiger partial charge in [-0.2, -0.15) is 0 Å². The number of rotatable bonds is 8. The van der Waals surface area contributed by atoms with Crippen molar-refractivity contribution in [2.24, 2.45) is 5.41 Å². The van der Waals surface area contributed by atoms with Gasteiger partial charge in [0.25, 0.3) is 0 Å². The third kappa shape index (κ3) is 6.69. The zero-order valence-electron chi connectivity index (χ0n) is 20.1. The minimum atomic E-state index is -0.479. The van der Waals surface area contributed by atoms with Crippen LogP contribution in [0.1, 0.15) is 52.0 Å². The third-order valence-corrected chi connectivity index (χ3v) is 6.35. The van der Waals surface area contributed by atoms with Gasteiger partial charge in [0.05, 0.1) is 0 Å². The molecule has 2 heterocycles. The van der Waals surface area contributed by atoms with Crippen LogP contribution in [0.25, 0.3) is 0 Å². The number of carbonyl (C=O) groups excluding carboxylic acids is 2. The molecule has 32 heavy (non-hydrogen) atoms. The highest BCUT2D eigenvalue weighted by Crippen LogP contribution is 2.25. The van der Waals surface area contributed by atoms with Gasteiger partial charge in [-0.1, -0.05) is 32.9 Å². The second-order valence-electron chi connectivity index (χ2n) is 9.94. The molecule has 1 atom stereocenters. The molecular weight excluding hydrogens is 406 g/mol. The number of likely N-dealkylation sites (tertiary alicyclic amines) is 1. The van der Waals surface area contributed by atoms with E-state index in [9.17, 15) is 9.59 Å². The van der Waals surface area contributed by atoms with Crippen LogP contribution in [0.4, 0.5) is 0 Å². The first-order valence-corrected chi connectivity index (χ1v) is 11.8. The van der Waals surface area contributed by atoms with Crippen molar-refractivity contribution in [3.63, 3.8) is 0 Å². The van der Waals surface area contributed by atoms with Crippen LogP contribution in [-0.4, -0.2) is 73.7 Å². The summed E-state index contributed by atoms with van der Waals surface area (Å²) in [6.45, 7) is 9.94. The fraction of sp³-hybridized carbons (Fsp3) is 0.680. The Bertz CT molecular complexity index is 771. The molecule has 2 saturated heterocycles. The topological polar surface area (TPSA) is 71.1 Å². The van der Waals surface area contributed by atoms with Gasteiger partial charge < -0.3 is 19.7 Å². The zero-order valence-corrected chi connectivity index (χ0v) is 20.1. The van der Waals surface area contributed by atoms with Crippen molar-refractivity contribution < 1.29 is 19.1 Å². The van der Waals surface area contributed by atoms with Crippen LogP contribution in [0.5, 0.6) is 5.75 Å².